The third-order valence-electron chi connectivity index (χ3n) is 6.27. The van der Waals surface area contributed by atoms with Crippen molar-refractivity contribution in [1.82, 2.24) is 4.90 Å². The van der Waals surface area contributed by atoms with Gasteiger partial charge in [0.05, 0.1) is 10.7 Å². The molecule has 7 heteroatoms. The Morgan fingerprint density at radius 1 is 1.21 bits per heavy atom. The molecule has 0 saturated carbocycles. The number of quaternary nitrogens is 1. The minimum absolute atomic E-state index is 0.135. The highest BCUT2D eigenvalue weighted by Gasteiger charge is 2.75. The molecule has 0 aromatic heterocycles. The molecule has 3 N–H and O–H groups in total. The Morgan fingerprint density at radius 2 is 1.89 bits per heavy atom. The molecule has 28 heavy (non-hydrogen) atoms. The third kappa shape index (κ3) is 2.40. The van der Waals surface area contributed by atoms with E-state index in [2.05, 4.69) is 19.2 Å². The predicted octanol–water partition coefficient (Wildman–Crippen LogP) is 1.88. The monoisotopic (exact) mass is 404 g/mol. The molecule has 0 unspecified atom stereocenters. The van der Waals surface area contributed by atoms with Gasteiger partial charge in [-0.25, -0.2) is 0 Å². The van der Waals surface area contributed by atoms with Crippen LogP contribution in [0, 0.1) is 17.8 Å². The van der Waals surface area contributed by atoms with Gasteiger partial charge in [0.15, 0.2) is 0 Å². The van der Waals surface area contributed by atoms with Crippen LogP contribution >= 0.6 is 11.6 Å². The molecule has 1 aromatic carbocycles. The average Bonchev–Trinajstić information content (AvgIpc) is 3.13. The number of anilines is 1. The summed E-state index contributed by atoms with van der Waals surface area (Å²) < 4.78 is 0. The molecule has 1 aromatic rings. The fraction of sp³-hybridized carbons (Fsp3) is 0.571. The first-order valence-corrected chi connectivity index (χ1v) is 10.2. The molecule has 4 atom stereocenters. The summed E-state index contributed by atoms with van der Waals surface area (Å²) in [7, 11) is 0. The molecule has 0 bridgehead atoms. The molecule has 3 amide bonds. The van der Waals surface area contributed by atoms with E-state index in [0.29, 0.717) is 22.2 Å². The van der Waals surface area contributed by atoms with Gasteiger partial charge in [-0.15, -0.1) is 0 Å². The van der Waals surface area contributed by atoms with Crippen LogP contribution in [0.1, 0.15) is 46.6 Å². The number of para-hydroxylation sites is 1. The topological polar surface area (TPSA) is 83.1 Å². The van der Waals surface area contributed by atoms with Crippen molar-refractivity contribution in [2.24, 2.45) is 17.8 Å². The first kappa shape index (κ1) is 19.4. The van der Waals surface area contributed by atoms with Crippen LogP contribution in [0.2, 0.25) is 5.02 Å². The van der Waals surface area contributed by atoms with Crippen LogP contribution in [0.4, 0.5) is 5.69 Å². The molecular formula is C21H27ClN3O3+. The molecule has 3 aliphatic heterocycles. The maximum atomic E-state index is 13.5. The van der Waals surface area contributed by atoms with Gasteiger partial charge >= 0.3 is 0 Å². The summed E-state index contributed by atoms with van der Waals surface area (Å²) in [6.45, 7) is 9.76. The zero-order chi connectivity index (χ0) is 20.6. The van der Waals surface area contributed by atoms with E-state index in [1.807, 2.05) is 32.2 Å². The van der Waals surface area contributed by atoms with Crippen LogP contribution in [0.5, 0.6) is 0 Å². The minimum Gasteiger partial charge on any atom is -0.326 e. The number of imide groups is 1. The van der Waals surface area contributed by atoms with Gasteiger partial charge in [-0.1, -0.05) is 31.5 Å². The van der Waals surface area contributed by atoms with Crippen LogP contribution in [-0.2, 0) is 19.9 Å². The number of carbonyl (C=O) groups excluding carboxylic acids is 3. The Morgan fingerprint density at radius 3 is 2.50 bits per heavy atom. The van der Waals surface area contributed by atoms with Gasteiger partial charge in [0.1, 0.15) is 17.9 Å². The van der Waals surface area contributed by atoms with E-state index < -0.39 is 22.9 Å². The van der Waals surface area contributed by atoms with Crippen LogP contribution in [0.15, 0.2) is 18.2 Å². The van der Waals surface area contributed by atoms with Crippen molar-refractivity contribution in [3.8, 4) is 0 Å². The first-order valence-electron chi connectivity index (χ1n) is 9.84. The fourth-order valence-electron chi connectivity index (χ4n) is 5.38. The number of benzene rings is 1. The van der Waals surface area contributed by atoms with E-state index in [1.54, 1.807) is 12.1 Å². The Kier molecular flexibility index (Phi) is 4.18. The zero-order valence-electron chi connectivity index (χ0n) is 16.9. The van der Waals surface area contributed by atoms with E-state index in [4.69, 9.17) is 11.6 Å². The van der Waals surface area contributed by atoms with Crippen LogP contribution in [-0.4, -0.2) is 34.2 Å². The lowest BCUT2D eigenvalue weighted by atomic mass is 9.76. The van der Waals surface area contributed by atoms with Gasteiger partial charge in [-0.05, 0) is 38.8 Å². The van der Waals surface area contributed by atoms with Gasteiger partial charge in [0.2, 0.25) is 17.4 Å². The summed E-state index contributed by atoms with van der Waals surface area (Å²) in [6.07, 6.45) is 0.753. The Balaban J connectivity index is 1.91. The number of rotatable bonds is 2. The summed E-state index contributed by atoms with van der Waals surface area (Å²) in [5, 5.41) is 5.31. The van der Waals surface area contributed by atoms with Gasteiger partial charge in [-0.3, -0.25) is 19.3 Å². The number of nitrogens with one attached hydrogen (secondary N) is 1. The van der Waals surface area contributed by atoms with Crippen molar-refractivity contribution >= 4 is 35.0 Å². The van der Waals surface area contributed by atoms with Crippen molar-refractivity contribution in [1.29, 1.82) is 0 Å². The van der Waals surface area contributed by atoms with Crippen molar-refractivity contribution in [3.05, 3.63) is 28.8 Å². The molecule has 0 aliphatic carbocycles. The lowest BCUT2D eigenvalue weighted by Gasteiger charge is -2.33. The fourth-order valence-corrected chi connectivity index (χ4v) is 5.60. The SMILES string of the molecule is CC(C)C[C@@H]1[NH2+][C@]2(C(=O)Nc3c(Cl)cccc32)[C@@H]2C(=O)N(C(C)(C)C)C(=O)[C@H]12. The number of hydrogen-bond acceptors (Lipinski definition) is 3. The van der Waals surface area contributed by atoms with Crippen molar-refractivity contribution in [3.63, 3.8) is 0 Å². The van der Waals surface area contributed by atoms with Gasteiger partial charge < -0.3 is 10.6 Å². The molecule has 2 fully saturated rings. The van der Waals surface area contributed by atoms with E-state index in [-0.39, 0.29) is 23.8 Å². The predicted molar refractivity (Wildman–Crippen MR) is 106 cm³/mol. The quantitative estimate of drug-likeness (QED) is 0.738. The zero-order valence-corrected chi connectivity index (χ0v) is 17.6. The molecule has 6 nitrogen and oxygen atoms in total. The van der Waals surface area contributed by atoms with Crippen molar-refractivity contribution < 1.29 is 19.7 Å². The highest BCUT2D eigenvalue weighted by Crippen LogP contribution is 2.52. The average molecular weight is 405 g/mol. The van der Waals surface area contributed by atoms with Crippen molar-refractivity contribution in [2.75, 3.05) is 5.32 Å². The number of carbonyl (C=O) groups is 3. The van der Waals surface area contributed by atoms with Gasteiger partial charge in [0, 0.05) is 17.5 Å². The van der Waals surface area contributed by atoms with Crippen LogP contribution in [0.25, 0.3) is 0 Å². The Hall–Kier alpha value is -1.92. The lowest BCUT2D eigenvalue weighted by Crippen LogP contribution is -2.99. The lowest BCUT2D eigenvalue weighted by molar-refractivity contribution is -0.734. The van der Waals surface area contributed by atoms with Crippen LogP contribution in [0.3, 0.4) is 0 Å². The van der Waals surface area contributed by atoms with Gasteiger partial charge in [0.25, 0.3) is 5.91 Å². The first-order chi connectivity index (χ1) is 13.0. The van der Waals surface area contributed by atoms with E-state index in [9.17, 15) is 14.4 Å². The summed E-state index contributed by atoms with van der Waals surface area (Å²) >= 11 is 6.34. The Labute approximate surface area is 170 Å². The highest BCUT2D eigenvalue weighted by atomic mass is 35.5. The number of nitrogens with zero attached hydrogens (tertiary/aromatic N) is 1. The molecule has 0 radical (unpaired) electrons. The van der Waals surface area contributed by atoms with E-state index >= 15 is 0 Å². The largest absolute Gasteiger partial charge is 0.326 e. The summed E-state index contributed by atoms with van der Waals surface area (Å²) in [5.74, 6) is -1.56. The second-order valence-corrected chi connectivity index (χ2v) is 10.0. The maximum absolute atomic E-state index is 13.5. The molecule has 150 valence electrons. The smallest absolute Gasteiger partial charge is 0.291 e. The summed E-state index contributed by atoms with van der Waals surface area (Å²) in [6, 6.07) is 5.23. The number of hydrogen-bond donors (Lipinski definition) is 2. The third-order valence-corrected chi connectivity index (χ3v) is 6.58. The molecule has 3 aliphatic rings. The summed E-state index contributed by atoms with van der Waals surface area (Å²) in [4.78, 5) is 41.6. The molecule has 2 saturated heterocycles. The van der Waals surface area contributed by atoms with Gasteiger partial charge in [-0.2, -0.15) is 0 Å². The second-order valence-electron chi connectivity index (χ2n) is 9.63. The molecular weight excluding hydrogens is 378 g/mol. The molecule has 1 spiro atoms. The maximum Gasteiger partial charge on any atom is 0.291 e. The number of likely N-dealkylation sites (tertiary alicyclic amines) is 1. The number of amides is 3. The minimum atomic E-state index is -1.14. The van der Waals surface area contributed by atoms with E-state index in [1.165, 1.54) is 4.90 Å². The number of nitrogens with two attached hydrogens (primary N) is 1. The molecule has 4 rings (SSSR count). The molecule has 3 heterocycles. The number of halogens is 1. The normalized spacial score (nSPS) is 31.8. The number of fused-ring (bicyclic) bond motifs is 4. The van der Waals surface area contributed by atoms with Crippen LogP contribution < -0.4 is 10.6 Å². The highest BCUT2D eigenvalue weighted by molar-refractivity contribution is 6.35. The Bertz CT molecular complexity index is 891. The van der Waals surface area contributed by atoms with E-state index in [0.717, 1.165) is 6.42 Å². The standard InChI is InChI=1S/C21H26ClN3O3/c1-10(2)9-13-14-15(18(27)25(17(14)26)20(3,4)5)21(24-13)11-7-6-8-12(22)16(11)23-19(21)28/h6-8,10,13-15,24H,9H2,1-5H3,(H,23,28)/p+1/t13-,14+,15-,21-/m0/s1. The summed E-state index contributed by atoms with van der Waals surface area (Å²) in [5.41, 5.74) is -0.502. The van der Waals surface area contributed by atoms with Crippen molar-refractivity contribution in [2.45, 2.75) is 58.2 Å². The second kappa shape index (κ2) is 6.04.